The van der Waals surface area contributed by atoms with Crippen molar-refractivity contribution in [1.82, 2.24) is 4.90 Å². The minimum Gasteiger partial charge on any atom is -0.372 e. The van der Waals surface area contributed by atoms with Crippen molar-refractivity contribution in [2.45, 2.75) is 25.8 Å². The lowest BCUT2D eigenvalue weighted by molar-refractivity contribution is 0.363. The predicted molar refractivity (Wildman–Crippen MR) is 79.0 cm³/mol. The van der Waals surface area contributed by atoms with Gasteiger partial charge in [-0.25, -0.2) is 0 Å². The summed E-state index contributed by atoms with van der Waals surface area (Å²) in [5.41, 5.74) is 2.75. The van der Waals surface area contributed by atoms with Crippen molar-refractivity contribution in [1.29, 1.82) is 0 Å². The van der Waals surface area contributed by atoms with Gasteiger partial charge in [0.2, 0.25) is 0 Å². The van der Waals surface area contributed by atoms with Gasteiger partial charge >= 0.3 is 0 Å². The zero-order chi connectivity index (χ0) is 12.8. The van der Waals surface area contributed by atoms with Gasteiger partial charge in [-0.1, -0.05) is 18.2 Å². The third kappa shape index (κ3) is 3.61. The molecule has 2 nitrogen and oxygen atoms in total. The molecule has 1 aliphatic heterocycles. The highest BCUT2D eigenvalue weighted by Gasteiger charge is 2.10. The van der Waals surface area contributed by atoms with Gasteiger partial charge in [-0.2, -0.15) is 0 Å². The van der Waals surface area contributed by atoms with Gasteiger partial charge in [-0.3, -0.25) is 4.90 Å². The molecular weight excluding hydrogens is 220 g/mol. The topological polar surface area (TPSA) is 6.48 Å². The maximum Gasteiger partial charge on any atom is 0.0366 e. The van der Waals surface area contributed by atoms with E-state index in [1.165, 1.54) is 43.6 Å². The van der Waals surface area contributed by atoms with Crippen LogP contribution in [0.15, 0.2) is 36.9 Å². The van der Waals surface area contributed by atoms with Gasteiger partial charge in [0.15, 0.2) is 0 Å². The van der Waals surface area contributed by atoms with E-state index < -0.39 is 0 Å². The second-order valence-corrected chi connectivity index (χ2v) is 5.20. The summed E-state index contributed by atoms with van der Waals surface area (Å²) in [4.78, 5) is 4.77. The zero-order valence-electron chi connectivity index (χ0n) is 11.4. The van der Waals surface area contributed by atoms with Gasteiger partial charge in [0.05, 0.1) is 0 Å². The number of hydrogen-bond acceptors (Lipinski definition) is 2. The molecule has 1 fully saturated rings. The van der Waals surface area contributed by atoms with Crippen LogP contribution in [-0.4, -0.2) is 31.6 Å². The molecule has 2 heteroatoms. The van der Waals surface area contributed by atoms with Gasteiger partial charge < -0.3 is 4.90 Å². The predicted octanol–water partition coefficient (Wildman–Crippen LogP) is 3.29. The largest absolute Gasteiger partial charge is 0.372 e. The maximum atomic E-state index is 3.77. The van der Waals surface area contributed by atoms with Crippen molar-refractivity contribution in [2.75, 3.05) is 31.6 Å². The quantitative estimate of drug-likeness (QED) is 0.733. The van der Waals surface area contributed by atoms with Crippen LogP contribution < -0.4 is 4.90 Å². The van der Waals surface area contributed by atoms with E-state index in [0.717, 1.165) is 13.1 Å². The number of likely N-dealkylation sites (N-methyl/N-ethyl adjacent to an activating group) is 1. The lowest BCUT2D eigenvalue weighted by Crippen LogP contribution is -2.29. The SMILES string of the molecule is C=CCN(C)Cc1ccc(N2CCCCC2)cc1. The Morgan fingerprint density at radius 1 is 1.17 bits per heavy atom. The van der Waals surface area contributed by atoms with Crippen molar-refractivity contribution in [2.24, 2.45) is 0 Å². The fourth-order valence-electron chi connectivity index (χ4n) is 2.56. The summed E-state index contributed by atoms with van der Waals surface area (Å²) in [5, 5.41) is 0. The lowest BCUT2D eigenvalue weighted by atomic mass is 10.1. The molecule has 18 heavy (non-hydrogen) atoms. The van der Waals surface area contributed by atoms with E-state index in [0.29, 0.717) is 0 Å². The number of rotatable bonds is 5. The molecule has 1 aromatic rings. The highest BCUT2D eigenvalue weighted by Crippen LogP contribution is 2.20. The van der Waals surface area contributed by atoms with Gasteiger partial charge in [0, 0.05) is 31.9 Å². The Kier molecular flexibility index (Phi) is 4.82. The van der Waals surface area contributed by atoms with E-state index in [1.807, 2.05) is 6.08 Å². The second-order valence-electron chi connectivity index (χ2n) is 5.20. The van der Waals surface area contributed by atoms with Crippen molar-refractivity contribution >= 4 is 5.69 Å². The Hall–Kier alpha value is -1.28. The molecule has 0 radical (unpaired) electrons. The average molecular weight is 244 g/mol. The molecule has 1 aromatic carbocycles. The minimum absolute atomic E-state index is 0.938. The Bertz CT molecular complexity index is 363. The standard InChI is InChI=1S/C16H24N2/c1-3-11-17(2)14-15-7-9-16(10-8-15)18-12-5-4-6-13-18/h3,7-10H,1,4-6,11-14H2,2H3. The van der Waals surface area contributed by atoms with Crippen LogP contribution in [0.5, 0.6) is 0 Å². The minimum atomic E-state index is 0.938. The van der Waals surface area contributed by atoms with Crippen LogP contribution in [0.3, 0.4) is 0 Å². The normalized spacial score (nSPS) is 16.0. The summed E-state index contributed by atoms with van der Waals surface area (Å²) in [5.74, 6) is 0. The van der Waals surface area contributed by atoms with Crippen molar-refractivity contribution in [3.8, 4) is 0 Å². The second kappa shape index (κ2) is 6.60. The molecule has 0 aliphatic carbocycles. The van der Waals surface area contributed by atoms with E-state index in [2.05, 4.69) is 47.7 Å². The molecule has 1 aliphatic rings. The molecule has 98 valence electrons. The summed E-state index contributed by atoms with van der Waals surface area (Å²) >= 11 is 0. The van der Waals surface area contributed by atoms with E-state index in [4.69, 9.17) is 0 Å². The van der Waals surface area contributed by atoms with Gasteiger partial charge in [0.1, 0.15) is 0 Å². The number of benzene rings is 1. The molecule has 0 aromatic heterocycles. The summed E-state index contributed by atoms with van der Waals surface area (Å²) in [6.07, 6.45) is 6.01. The fraction of sp³-hybridized carbons (Fsp3) is 0.500. The Morgan fingerprint density at radius 3 is 2.44 bits per heavy atom. The number of piperidine rings is 1. The van der Waals surface area contributed by atoms with Crippen molar-refractivity contribution in [3.05, 3.63) is 42.5 Å². The molecule has 0 unspecified atom stereocenters. The molecule has 0 atom stereocenters. The average Bonchev–Trinajstić information content (AvgIpc) is 2.41. The summed E-state index contributed by atoms with van der Waals surface area (Å²) in [6, 6.07) is 9.04. The number of hydrogen-bond donors (Lipinski definition) is 0. The first kappa shape index (κ1) is 13.2. The van der Waals surface area contributed by atoms with Crippen LogP contribution in [0.4, 0.5) is 5.69 Å². The maximum absolute atomic E-state index is 3.77. The Balaban J connectivity index is 1.94. The Morgan fingerprint density at radius 2 is 1.83 bits per heavy atom. The third-order valence-electron chi connectivity index (χ3n) is 3.55. The van der Waals surface area contributed by atoms with Crippen molar-refractivity contribution < 1.29 is 0 Å². The summed E-state index contributed by atoms with van der Waals surface area (Å²) in [6.45, 7) is 8.14. The Labute approximate surface area is 111 Å². The summed E-state index contributed by atoms with van der Waals surface area (Å²) < 4.78 is 0. The van der Waals surface area contributed by atoms with Crippen molar-refractivity contribution in [3.63, 3.8) is 0 Å². The molecule has 2 rings (SSSR count). The molecule has 0 N–H and O–H groups in total. The highest BCUT2D eigenvalue weighted by molar-refractivity contribution is 5.47. The zero-order valence-corrected chi connectivity index (χ0v) is 11.4. The third-order valence-corrected chi connectivity index (χ3v) is 3.55. The molecule has 0 amide bonds. The number of nitrogens with zero attached hydrogens (tertiary/aromatic N) is 2. The first-order chi connectivity index (χ1) is 8.79. The first-order valence-corrected chi connectivity index (χ1v) is 6.93. The van der Waals surface area contributed by atoms with Gasteiger partial charge in [-0.15, -0.1) is 6.58 Å². The van der Waals surface area contributed by atoms with E-state index in [9.17, 15) is 0 Å². The highest BCUT2D eigenvalue weighted by atomic mass is 15.1. The molecular formula is C16H24N2. The van der Waals surface area contributed by atoms with E-state index >= 15 is 0 Å². The summed E-state index contributed by atoms with van der Waals surface area (Å²) in [7, 11) is 2.13. The first-order valence-electron chi connectivity index (χ1n) is 6.93. The molecule has 1 saturated heterocycles. The van der Waals surface area contributed by atoms with E-state index in [-0.39, 0.29) is 0 Å². The smallest absolute Gasteiger partial charge is 0.0366 e. The monoisotopic (exact) mass is 244 g/mol. The molecule has 0 saturated carbocycles. The molecule has 1 heterocycles. The van der Waals surface area contributed by atoms with Gasteiger partial charge in [-0.05, 0) is 44.0 Å². The molecule has 0 bridgehead atoms. The van der Waals surface area contributed by atoms with Crippen LogP contribution in [0, 0.1) is 0 Å². The fourth-order valence-corrected chi connectivity index (χ4v) is 2.56. The lowest BCUT2D eigenvalue weighted by Gasteiger charge is -2.29. The number of anilines is 1. The van der Waals surface area contributed by atoms with Crippen LogP contribution in [0.1, 0.15) is 24.8 Å². The van der Waals surface area contributed by atoms with Crippen LogP contribution in [0.25, 0.3) is 0 Å². The van der Waals surface area contributed by atoms with Gasteiger partial charge in [0.25, 0.3) is 0 Å². The molecule has 0 spiro atoms. The van der Waals surface area contributed by atoms with Crippen LogP contribution >= 0.6 is 0 Å². The van der Waals surface area contributed by atoms with E-state index in [1.54, 1.807) is 0 Å². The van der Waals surface area contributed by atoms with Crippen LogP contribution in [-0.2, 0) is 6.54 Å². The van der Waals surface area contributed by atoms with Crippen LogP contribution in [0.2, 0.25) is 0 Å².